The quantitative estimate of drug-likeness (QED) is 0.466. The highest BCUT2D eigenvalue weighted by molar-refractivity contribution is 4.96. The summed E-state index contributed by atoms with van der Waals surface area (Å²) < 4.78 is 5.63. The van der Waals surface area contributed by atoms with Gasteiger partial charge in [-0.05, 0) is 31.6 Å². The molecule has 0 aromatic rings. The fourth-order valence-electron chi connectivity index (χ4n) is 1.93. The van der Waals surface area contributed by atoms with Gasteiger partial charge in [0.1, 0.15) is 0 Å². The van der Waals surface area contributed by atoms with E-state index in [-0.39, 0.29) is 0 Å². The molecule has 1 saturated heterocycles. The summed E-state index contributed by atoms with van der Waals surface area (Å²) in [6.07, 6.45) is 10.2. The first kappa shape index (κ1) is 6.41. The molecule has 0 aromatic carbocycles. The van der Waals surface area contributed by atoms with Crippen LogP contribution in [-0.2, 0) is 4.74 Å². The molecule has 2 aliphatic rings. The molecule has 0 spiro atoms. The molecular weight excluding hydrogens is 124 g/mol. The van der Waals surface area contributed by atoms with Gasteiger partial charge in [-0.1, -0.05) is 12.2 Å². The van der Waals surface area contributed by atoms with Crippen molar-refractivity contribution in [2.75, 3.05) is 6.61 Å². The van der Waals surface area contributed by atoms with E-state index in [0.717, 1.165) is 18.9 Å². The first-order chi connectivity index (χ1) is 4.97. The van der Waals surface area contributed by atoms with Gasteiger partial charge in [0.15, 0.2) is 0 Å². The predicted octanol–water partition coefficient (Wildman–Crippen LogP) is 2.13. The Bertz CT molecular complexity index is 124. The lowest BCUT2D eigenvalue weighted by molar-refractivity contribution is -0.0262. The van der Waals surface area contributed by atoms with Crippen molar-refractivity contribution in [3.05, 3.63) is 12.2 Å². The lowest BCUT2D eigenvalue weighted by atomic mass is 9.86. The highest BCUT2D eigenvalue weighted by Gasteiger charge is 2.25. The van der Waals surface area contributed by atoms with E-state index in [1.54, 1.807) is 0 Å². The van der Waals surface area contributed by atoms with Crippen molar-refractivity contribution in [3.63, 3.8) is 0 Å². The molecule has 1 aliphatic carbocycles. The normalized spacial score (nSPS) is 39.2. The van der Waals surface area contributed by atoms with E-state index in [1.165, 1.54) is 19.3 Å². The number of hydrogen-bond acceptors (Lipinski definition) is 1. The molecule has 1 heterocycles. The smallest absolute Gasteiger partial charge is 0.0640 e. The van der Waals surface area contributed by atoms with E-state index < -0.39 is 0 Å². The molecule has 0 N–H and O–H groups in total. The fourth-order valence-corrected chi connectivity index (χ4v) is 1.93. The van der Waals surface area contributed by atoms with E-state index in [2.05, 4.69) is 12.2 Å². The van der Waals surface area contributed by atoms with Crippen molar-refractivity contribution in [3.8, 4) is 0 Å². The van der Waals surface area contributed by atoms with Gasteiger partial charge >= 0.3 is 0 Å². The number of fused-ring (bicyclic) bond motifs is 1. The van der Waals surface area contributed by atoms with E-state index in [4.69, 9.17) is 4.74 Å². The average molecular weight is 138 g/mol. The van der Waals surface area contributed by atoms with Crippen LogP contribution in [0.2, 0.25) is 0 Å². The second-order valence-corrected chi connectivity index (χ2v) is 3.25. The van der Waals surface area contributed by atoms with Crippen molar-refractivity contribution in [1.29, 1.82) is 0 Å². The maximum atomic E-state index is 5.63. The summed E-state index contributed by atoms with van der Waals surface area (Å²) >= 11 is 0. The molecule has 0 amide bonds. The van der Waals surface area contributed by atoms with Crippen molar-refractivity contribution in [2.45, 2.75) is 31.8 Å². The third-order valence-electron chi connectivity index (χ3n) is 2.55. The molecule has 1 nitrogen and oxygen atoms in total. The zero-order valence-corrected chi connectivity index (χ0v) is 6.25. The van der Waals surface area contributed by atoms with Crippen LogP contribution in [0.25, 0.3) is 0 Å². The second kappa shape index (κ2) is 2.75. The summed E-state index contributed by atoms with van der Waals surface area (Å²) in [5, 5.41) is 0. The van der Waals surface area contributed by atoms with Crippen LogP contribution in [0.1, 0.15) is 25.7 Å². The van der Waals surface area contributed by atoms with Crippen LogP contribution in [0.15, 0.2) is 12.2 Å². The molecule has 56 valence electrons. The minimum atomic E-state index is 0.568. The van der Waals surface area contributed by atoms with E-state index in [1.807, 2.05) is 0 Å². The van der Waals surface area contributed by atoms with E-state index in [0.29, 0.717) is 6.10 Å². The van der Waals surface area contributed by atoms with Gasteiger partial charge in [0.25, 0.3) is 0 Å². The van der Waals surface area contributed by atoms with Crippen molar-refractivity contribution < 1.29 is 4.74 Å². The Labute approximate surface area is 62.1 Å². The second-order valence-electron chi connectivity index (χ2n) is 3.25. The van der Waals surface area contributed by atoms with Crippen LogP contribution in [0, 0.1) is 5.92 Å². The molecule has 2 atom stereocenters. The van der Waals surface area contributed by atoms with Crippen molar-refractivity contribution >= 4 is 0 Å². The minimum absolute atomic E-state index is 0.568. The maximum absolute atomic E-state index is 5.63. The molecule has 1 heteroatoms. The van der Waals surface area contributed by atoms with Crippen molar-refractivity contribution in [2.24, 2.45) is 5.92 Å². The molecule has 1 fully saturated rings. The van der Waals surface area contributed by atoms with Crippen molar-refractivity contribution in [1.82, 2.24) is 0 Å². The summed E-state index contributed by atoms with van der Waals surface area (Å²) in [5.41, 5.74) is 0. The molecule has 0 aromatic heterocycles. The lowest BCUT2D eigenvalue weighted by Crippen LogP contribution is -2.30. The highest BCUT2D eigenvalue weighted by atomic mass is 16.5. The Morgan fingerprint density at radius 3 is 3.00 bits per heavy atom. The number of ether oxygens (including phenoxy) is 1. The van der Waals surface area contributed by atoms with Crippen LogP contribution in [0.4, 0.5) is 0 Å². The molecule has 0 bridgehead atoms. The summed E-state index contributed by atoms with van der Waals surface area (Å²) in [6.45, 7) is 0.995. The molecule has 1 aliphatic heterocycles. The Kier molecular flexibility index (Phi) is 1.76. The third-order valence-corrected chi connectivity index (χ3v) is 2.55. The summed E-state index contributed by atoms with van der Waals surface area (Å²) in [4.78, 5) is 0. The first-order valence-corrected chi connectivity index (χ1v) is 4.23. The highest BCUT2D eigenvalue weighted by Crippen LogP contribution is 2.29. The molecule has 2 unspecified atom stereocenters. The molecule has 10 heavy (non-hydrogen) atoms. The van der Waals surface area contributed by atoms with Gasteiger partial charge in [-0.15, -0.1) is 0 Å². The van der Waals surface area contributed by atoms with Gasteiger partial charge < -0.3 is 4.74 Å². The van der Waals surface area contributed by atoms with E-state index >= 15 is 0 Å². The van der Waals surface area contributed by atoms with Crippen LogP contribution < -0.4 is 0 Å². The predicted molar refractivity (Wildman–Crippen MR) is 40.8 cm³/mol. The third kappa shape index (κ3) is 1.10. The Morgan fingerprint density at radius 1 is 1.20 bits per heavy atom. The van der Waals surface area contributed by atoms with Gasteiger partial charge in [0.2, 0.25) is 0 Å². The molecule has 2 rings (SSSR count). The number of hydrogen-bond donors (Lipinski definition) is 0. The van der Waals surface area contributed by atoms with Crippen LogP contribution in [-0.4, -0.2) is 12.7 Å². The monoisotopic (exact) mass is 138 g/mol. The first-order valence-electron chi connectivity index (χ1n) is 4.23. The topological polar surface area (TPSA) is 9.23 Å². The molecular formula is C9H14O. The van der Waals surface area contributed by atoms with Gasteiger partial charge in [-0.2, -0.15) is 0 Å². The maximum Gasteiger partial charge on any atom is 0.0640 e. The van der Waals surface area contributed by atoms with Crippen LogP contribution >= 0.6 is 0 Å². The number of rotatable bonds is 0. The molecule has 0 radical (unpaired) electrons. The van der Waals surface area contributed by atoms with E-state index in [9.17, 15) is 0 Å². The summed E-state index contributed by atoms with van der Waals surface area (Å²) in [7, 11) is 0. The minimum Gasteiger partial charge on any atom is -0.378 e. The summed E-state index contributed by atoms with van der Waals surface area (Å²) in [6, 6.07) is 0. The zero-order chi connectivity index (χ0) is 6.81. The SMILES string of the molecule is C1=CCC2OCCCC2C1. The Morgan fingerprint density at radius 2 is 2.10 bits per heavy atom. The number of allylic oxidation sites excluding steroid dienone is 1. The van der Waals surface area contributed by atoms with Crippen LogP contribution in [0.3, 0.4) is 0 Å². The van der Waals surface area contributed by atoms with Gasteiger partial charge in [0, 0.05) is 6.61 Å². The van der Waals surface area contributed by atoms with Crippen LogP contribution in [0.5, 0.6) is 0 Å². The zero-order valence-electron chi connectivity index (χ0n) is 6.25. The fraction of sp³-hybridized carbons (Fsp3) is 0.778. The summed E-state index contributed by atoms with van der Waals surface area (Å²) in [5.74, 6) is 0.846. The standard InChI is InChI=1S/C9H14O/c1-2-6-9-8(4-1)5-3-7-10-9/h1-2,8-9H,3-7H2. The lowest BCUT2D eigenvalue weighted by Gasteiger charge is -2.32. The Hall–Kier alpha value is -0.300. The Balaban J connectivity index is 2.01. The largest absolute Gasteiger partial charge is 0.378 e. The van der Waals surface area contributed by atoms with Gasteiger partial charge in [0.05, 0.1) is 6.10 Å². The average Bonchev–Trinajstić information content (AvgIpc) is 2.05. The van der Waals surface area contributed by atoms with Gasteiger partial charge in [-0.25, -0.2) is 0 Å². The van der Waals surface area contributed by atoms with Gasteiger partial charge in [-0.3, -0.25) is 0 Å². The molecule has 0 saturated carbocycles.